The van der Waals surface area contributed by atoms with E-state index >= 15 is 0 Å². The highest BCUT2D eigenvalue weighted by Crippen LogP contribution is 2.46. The lowest BCUT2D eigenvalue weighted by Crippen LogP contribution is -2.29. The van der Waals surface area contributed by atoms with Crippen molar-refractivity contribution < 1.29 is 28.9 Å². The molecule has 1 saturated heterocycles. The largest absolute Gasteiger partial charge is 0.507 e. The fourth-order valence-electron chi connectivity index (χ4n) is 4.35. The summed E-state index contributed by atoms with van der Waals surface area (Å²) < 4.78 is 16.3. The molecule has 1 aliphatic rings. The van der Waals surface area contributed by atoms with Gasteiger partial charge in [0.25, 0.3) is 11.7 Å². The number of carbonyl (C=O) groups excluding carboxylic acids is 2. The van der Waals surface area contributed by atoms with Gasteiger partial charge in [-0.25, -0.2) is 0 Å². The van der Waals surface area contributed by atoms with Crippen molar-refractivity contribution >= 4 is 34.7 Å². The molecule has 0 spiro atoms. The molecule has 0 saturated carbocycles. The average molecular weight is 508 g/mol. The predicted molar refractivity (Wildman–Crippen MR) is 138 cm³/mol. The monoisotopic (exact) mass is 507 g/mol. The molecule has 7 nitrogen and oxygen atoms in total. The van der Waals surface area contributed by atoms with E-state index in [0.717, 1.165) is 11.1 Å². The van der Waals surface area contributed by atoms with Crippen LogP contribution < -0.4 is 19.1 Å². The number of ketones is 1. The van der Waals surface area contributed by atoms with Gasteiger partial charge in [0.05, 0.1) is 43.5 Å². The summed E-state index contributed by atoms with van der Waals surface area (Å²) in [4.78, 5) is 28.3. The first-order valence-electron chi connectivity index (χ1n) is 11.2. The minimum absolute atomic E-state index is 0.109. The Morgan fingerprint density at radius 1 is 0.861 bits per heavy atom. The number of amides is 1. The zero-order chi connectivity index (χ0) is 26.1. The van der Waals surface area contributed by atoms with Crippen LogP contribution in [-0.4, -0.2) is 38.1 Å². The van der Waals surface area contributed by atoms with Gasteiger partial charge in [0.2, 0.25) is 0 Å². The summed E-state index contributed by atoms with van der Waals surface area (Å²) in [5, 5.41) is 11.7. The summed E-state index contributed by atoms with van der Waals surface area (Å²) in [5.74, 6) is -1.00. The molecule has 1 N–H and O–H groups in total. The van der Waals surface area contributed by atoms with E-state index in [1.807, 2.05) is 26.0 Å². The lowest BCUT2D eigenvalue weighted by Gasteiger charge is -2.27. The lowest BCUT2D eigenvalue weighted by atomic mass is 9.94. The molecule has 1 aliphatic heterocycles. The molecule has 8 heteroatoms. The van der Waals surface area contributed by atoms with Gasteiger partial charge < -0.3 is 19.3 Å². The van der Waals surface area contributed by atoms with Crippen molar-refractivity contribution in [2.75, 3.05) is 26.2 Å². The Morgan fingerprint density at radius 3 is 2.17 bits per heavy atom. The second-order valence-corrected chi connectivity index (χ2v) is 8.77. The minimum atomic E-state index is -0.964. The minimum Gasteiger partial charge on any atom is -0.507 e. The number of halogens is 1. The Morgan fingerprint density at radius 2 is 1.53 bits per heavy atom. The highest BCUT2D eigenvalue weighted by molar-refractivity contribution is 6.51. The van der Waals surface area contributed by atoms with Crippen molar-refractivity contribution in [3.63, 3.8) is 0 Å². The van der Waals surface area contributed by atoms with Crippen LogP contribution in [-0.2, 0) is 9.59 Å². The first-order valence-corrected chi connectivity index (χ1v) is 11.5. The van der Waals surface area contributed by atoms with E-state index in [2.05, 4.69) is 0 Å². The Labute approximate surface area is 214 Å². The number of aliphatic hydroxyl groups is 1. The Bertz CT molecular complexity index is 1400. The number of benzene rings is 3. The lowest BCUT2D eigenvalue weighted by molar-refractivity contribution is -0.132. The Balaban J connectivity index is 2.03. The van der Waals surface area contributed by atoms with E-state index < -0.39 is 23.5 Å². The molecule has 3 aromatic rings. The summed E-state index contributed by atoms with van der Waals surface area (Å²) in [5.41, 5.74) is 3.11. The maximum atomic E-state index is 13.5. The van der Waals surface area contributed by atoms with Gasteiger partial charge in [-0.3, -0.25) is 14.5 Å². The molecule has 1 unspecified atom stereocenters. The van der Waals surface area contributed by atoms with Crippen molar-refractivity contribution in [3.8, 4) is 17.2 Å². The summed E-state index contributed by atoms with van der Waals surface area (Å²) in [7, 11) is 4.38. The SMILES string of the molecule is COc1cc(OC)c(/C(O)=C2\C(=O)C(=O)N(c3ccc(C)c(C)c3)C2c2ccccc2OC)cc1Cl. The summed E-state index contributed by atoms with van der Waals surface area (Å²) in [6.45, 7) is 3.89. The normalized spacial score (nSPS) is 16.8. The Hall–Kier alpha value is -3.97. The molecule has 0 bridgehead atoms. The van der Waals surface area contributed by atoms with Crippen LogP contribution in [0.3, 0.4) is 0 Å². The number of anilines is 1. The zero-order valence-electron chi connectivity index (χ0n) is 20.6. The van der Waals surface area contributed by atoms with E-state index in [1.54, 1.807) is 30.3 Å². The van der Waals surface area contributed by atoms with Crippen LogP contribution in [0, 0.1) is 13.8 Å². The second-order valence-electron chi connectivity index (χ2n) is 8.37. The number of rotatable bonds is 6. The van der Waals surface area contributed by atoms with Crippen molar-refractivity contribution in [3.05, 3.63) is 87.4 Å². The molecule has 1 fully saturated rings. The third-order valence-electron chi connectivity index (χ3n) is 6.38. The molecule has 36 heavy (non-hydrogen) atoms. The molecule has 1 amide bonds. The molecule has 0 aromatic heterocycles. The number of methoxy groups -OCH3 is 3. The quantitative estimate of drug-likeness (QED) is 0.265. The summed E-state index contributed by atoms with van der Waals surface area (Å²) in [6, 6.07) is 14.6. The van der Waals surface area contributed by atoms with Crippen LogP contribution in [0.5, 0.6) is 17.2 Å². The molecule has 4 rings (SSSR count). The Kier molecular flexibility index (Phi) is 6.95. The standard InChI is InChI=1S/C28H26ClNO6/c1-15-10-11-17(12-16(15)2)30-25(18-8-6-7-9-21(18)34-3)24(27(32)28(30)33)26(31)19-13-20(29)23(36-5)14-22(19)35-4/h6-14,25,31H,1-5H3/b26-24+. The maximum absolute atomic E-state index is 13.5. The first kappa shape index (κ1) is 25.1. The van der Waals surface area contributed by atoms with Gasteiger partial charge in [-0.2, -0.15) is 0 Å². The van der Waals surface area contributed by atoms with Crippen molar-refractivity contribution in [1.82, 2.24) is 0 Å². The number of carbonyl (C=O) groups is 2. The van der Waals surface area contributed by atoms with E-state index in [9.17, 15) is 14.7 Å². The molecule has 0 aliphatic carbocycles. The molecular formula is C28H26ClNO6. The van der Waals surface area contributed by atoms with Crippen LogP contribution in [0.2, 0.25) is 5.02 Å². The molecule has 186 valence electrons. The van der Waals surface area contributed by atoms with Crippen LogP contribution in [0.25, 0.3) is 5.76 Å². The van der Waals surface area contributed by atoms with Gasteiger partial charge in [0.15, 0.2) is 0 Å². The molecular weight excluding hydrogens is 482 g/mol. The van der Waals surface area contributed by atoms with Crippen LogP contribution in [0.1, 0.15) is 28.3 Å². The highest BCUT2D eigenvalue weighted by Gasteiger charge is 2.48. The van der Waals surface area contributed by atoms with Crippen LogP contribution in [0.15, 0.2) is 60.2 Å². The number of para-hydroxylation sites is 1. The second kappa shape index (κ2) is 9.95. The number of ether oxygens (including phenoxy) is 3. The van der Waals surface area contributed by atoms with E-state index in [-0.39, 0.29) is 21.9 Å². The summed E-state index contributed by atoms with van der Waals surface area (Å²) >= 11 is 6.34. The van der Waals surface area contributed by atoms with Crippen LogP contribution >= 0.6 is 11.6 Å². The number of hydrogen-bond donors (Lipinski definition) is 1. The molecule has 1 atom stereocenters. The number of Topliss-reactive ketones (excluding diaryl/α,β-unsaturated/α-hetero) is 1. The number of aliphatic hydroxyl groups excluding tert-OH is 1. The van der Waals surface area contributed by atoms with E-state index in [0.29, 0.717) is 22.7 Å². The number of aryl methyl sites for hydroxylation is 2. The average Bonchev–Trinajstić information content (AvgIpc) is 3.15. The fourth-order valence-corrected chi connectivity index (χ4v) is 4.59. The highest BCUT2D eigenvalue weighted by atomic mass is 35.5. The van der Waals surface area contributed by atoms with Gasteiger partial charge in [0, 0.05) is 17.3 Å². The smallest absolute Gasteiger partial charge is 0.300 e. The van der Waals surface area contributed by atoms with Crippen molar-refractivity contribution in [1.29, 1.82) is 0 Å². The third-order valence-corrected chi connectivity index (χ3v) is 6.67. The van der Waals surface area contributed by atoms with Crippen LogP contribution in [0.4, 0.5) is 5.69 Å². The van der Waals surface area contributed by atoms with Gasteiger partial charge >= 0.3 is 0 Å². The fraction of sp³-hybridized carbons (Fsp3) is 0.214. The van der Waals surface area contributed by atoms with Gasteiger partial charge in [-0.1, -0.05) is 35.9 Å². The third kappa shape index (κ3) is 4.16. The van der Waals surface area contributed by atoms with Crippen molar-refractivity contribution in [2.24, 2.45) is 0 Å². The number of nitrogens with zero attached hydrogens (tertiary/aromatic N) is 1. The predicted octanol–water partition coefficient (Wildman–Crippen LogP) is 5.61. The molecule has 0 radical (unpaired) electrons. The molecule has 1 heterocycles. The van der Waals surface area contributed by atoms with Gasteiger partial charge in [-0.05, 0) is 49.2 Å². The van der Waals surface area contributed by atoms with E-state index in [1.165, 1.54) is 38.4 Å². The van der Waals surface area contributed by atoms with Gasteiger partial charge in [0.1, 0.15) is 23.0 Å². The summed E-state index contributed by atoms with van der Waals surface area (Å²) in [6.07, 6.45) is 0. The molecule has 3 aromatic carbocycles. The van der Waals surface area contributed by atoms with Gasteiger partial charge in [-0.15, -0.1) is 0 Å². The maximum Gasteiger partial charge on any atom is 0.300 e. The topological polar surface area (TPSA) is 85.3 Å². The number of hydrogen-bond acceptors (Lipinski definition) is 6. The first-order chi connectivity index (χ1) is 17.2. The zero-order valence-corrected chi connectivity index (χ0v) is 21.3. The van der Waals surface area contributed by atoms with Crippen molar-refractivity contribution in [2.45, 2.75) is 19.9 Å². The van der Waals surface area contributed by atoms with E-state index in [4.69, 9.17) is 25.8 Å².